The Bertz CT molecular complexity index is 1310. The first-order chi connectivity index (χ1) is 36.9. The van der Waals surface area contributed by atoms with Gasteiger partial charge in [0.25, 0.3) is 0 Å². The van der Waals surface area contributed by atoms with E-state index in [-0.39, 0.29) is 25.1 Å². The van der Waals surface area contributed by atoms with Crippen molar-refractivity contribution in [3.05, 3.63) is 12.2 Å². The summed E-state index contributed by atoms with van der Waals surface area (Å²) >= 11 is 0. The van der Waals surface area contributed by atoms with Gasteiger partial charge in [-0.05, 0) is 31.8 Å². The Kier molecular flexibility index (Phi) is 56.1. The van der Waals surface area contributed by atoms with Crippen molar-refractivity contribution < 1.29 is 37.3 Å². The van der Waals surface area contributed by atoms with Crippen molar-refractivity contribution in [2.24, 2.45) is 0 Å². The predicted molar refractivity (Wildman–Crippen MR) is 328 cm³/mol. The Labute approximate surface area is 473 Å². The maximum absolute atomic E-state index is 13.5. The van der Waals surface area contributed by atoms with Gasteiger partial charge in [-0.15, -0.1) is 0 Å². The molecule has 0 aliphatic carbocycles. The van der Waals surface area contributed by atoms with Gasteiger partial charge in [-0.1, -0.05) is 316 Å². The van der Waals surface area contributed by atoms with Crippen LogP contribution in [0.15, 0.2) is 12.2 Å². The number of esters is 1. The van der Waals surface area contributed by atoms with Gasteiger partial charge in [0.05, 0.1) is 33.8 Å². The van der Waals surface area contributed by atoms with Gasteiger partial charge in [0.15, 0.2) is 0 Å². The van der Waals surface area contributed by atoms with Crippen LogP contribution < -0.4 is 5.32 Å². The summed E-state index contributed by atoms with van der Waals surface area (Å²) in [6.07, 6.45) is 66.5. The van der Waals surface area contributed by atoms with Crippen molar-refractivity contribution in [1.29, 1.82) is 0 Å². The zero-order chi connectivity index (χ0) is 55.7. The molecule has 9 nitrogen and oxygen atoms in total. The first-order valence-corrected chi connectivity index (χ1v) is 35.0. The molecule has 3 atom stereocenters. The molecular weight excluding hydrogens is 964 g/mol. The second kappa shape index (κ2) is 57.0. The molecule has 0 aromatic rings. The van der Waals surface area contributed by atoms with E-state index in [4.69, 9.17) is 13.8 Å². The van der Waals surface area contributed by atoms with E-state index in [1.54, 1.807) is 0 Å². The third kappa shape index (κ3) is 57.4. The quantitative estimate of drug-likeness (QED) is 0.0205. The Morgan fingerprint density at radius 2 is 0.750 bits per heavy atom. The molecule has 0 fully saturated rings. The lowest BCUT2D eigenvalue weighted by Gasteiger charge is -2.27. The number of quaternary nitrogens is 1. The molecule has 1 amide bonds. The Morgan fingerprint density at radius 1 is 0.447 bits per heavy atom. The summed E-state index contributed by atoms with van der Waals surface area (Å²) in [5.41, 5.74) is 0. The van der Waals surface area contributed by atoms with E-state index in [1.807, 2.05) is 33.3 Å². The van der Waals surface area contributed by atoms with Crippen molar-refractivity contribution in [1.82, 2.24) is 5.32 Å². The van der Waals surface area contributed by atoms with Gasteiger partial charge < -0.3 is 19.4 Å². The van der Waals surface area contributed by atoms with Gasteiger partial charge in [-0.2, -0.15) is 0 Å². The summed E-state index contributed by atoms with van der Waals surface area (Å²) in [6.45, 7) is 7.07. The lowest BCUT2D eigenvalue weighted by molar-refractivity contribution is -0.870. The number of carbonyl (C=O) groups is 2. The summed E-state index contributed by atoms with van der Waals surface area (Å²) in [7, 11) is 1.52. The van der Waals surface area contributed by atoms with Crippen LogP contribution in [-0.2, 0) is 27.9 Å². The minimum atomic E-state index is -4.44. The number of amides is 1. The highest BCUT2D eigenvalue weighted by Crippen LogP contribution is 2.43. The van der Waals surface area contributed by atoms with Crippen LogP contribution in [0.25, 0.3) is 0 Å². The average molecular weight is 1100 g/mol. The molecule has 0 saturated heterocycles. The van der Waals surface area contributed by atoms with Crippen LogP contribution in [-0.4, -0.2) is 74.3 Å². The van der Waals surface area contributed by atoms with Crippen LogP contribution in [0.5, 0.6) is 0 Å². The topological polar surface area (TPSA) is 111 Å². The van der Waals surface area contributed by atoms with E-state index in [0.29, 0.717) is 23.9 Å². The molecule has 2 N–H and O–H groups in total. The van der Waals surface area contributed by atoms with Gasteiger partial charge in [0.2, 0.25) is 5.91 Å². The Balaban J connectivity index is 4.97. The highest BCUT2D eigenvalue weighted by molar-refractivity contribution is 7.47. The number of nitrogens with one attached hydrogen (secondary N) is 1. The minimum Gasteiger partial charge on any atom is -0.456 e. The Hall–Kier alpha value is -1.25. The maximum atomic E-state index is 13.5. The zero-order valence-electron chi connectivity index (χ0n) is 51.8. The summed E-state index contributed by atoms with van der Waals surface area (Å²) in [4.78, 5) is 37.7. The number of nitrogens with zero attached hydrogens (tertiary/aromatic N) is 1. The van der Waals surface area contributed by atoms with Crippen LogP contribution in [0.3, 0.4) is 0 Å². The van der Waals surface area contributed by atoms with Gasteiger partial charge in [-0.3, -0.25) is 18.6 Å². The van der Waals surface area contributed by atoms with Crippen LogP contribution in [0.1, 0.15) is 348 Å². The van der Waals surface area contributed by atoms with Gasteiger partial charge in [0, 0.05) is 12.8 Å². The van der Waals surface area contributed by atoms with Crippen molar-refractivity contribution >= 4 is 19.7 Å². The third-order valence-corrected chi connectivity index (χ3v) is 16.5. The Morgan fingerprint density at radius 3 is 1.08 bits per heavy atom. The van der Waals surface area contributed by atoms with Gasteiger partial charge in [-0.25, -0.2) is 4.57 Å². The summed E-state index contributed by atoms with van der Waals surface area (Å²) in [5.74, 6) is -0.482. The number of likely N-dealkylation sites (N-methyl/N-ethyl adjacent to an activating group) is 1. The first kappa shape index (κ1) is 74.8. The molecule has 452 valence electrons. The number of carbonyl (C=O) groups excluding carboxylic acids is 2. The fraction of sp³-hybridized carbons (Fsp3) is 0.939. The molecule has 0 aliphatic rings. The number of hydrogen-bond donors (Lipinski definition) is 2. The van der Waals surface area contributed by atoms with E-state index >= 15 is 0 Å². The van der Waals surface area contributed by atoms with Crippen molar-refractivity contribution in [2.45, 2.75) is 360 Å². The molecule has 76 heavy (non-hydrogen) atoms. The number of hydrogen-bond acceptors (Lipinski definition) is 6. The molecule has 0 spiro atoms. The SMILES string of the molecule is CCCCCCCCCCC/C=C\C(OC(=O)CCCCCCCCCCCCCCCCCCCCCCCCCCC)C(COP(=O)(O)OCC[N+](C)(C)C)NC(=O)CCCCCCCCCCCCCCCC. The number of unbranched alkanes of at least 4 members (excludes halogenated alkanes) is 46. The summed E-state index contributed by atoms with van der Waals surface area (Å²) < 4.78 is 30.7. The minimum absolute atomic E-state index is 0.0457. The zero-order valence-corrected chi connectivity index (χ0v) is 52.7. The van der Waals surface area contributed by atoms with Crippen LogP contribution in [0.4, 0.5) is 0 Å². The smallest absolute Gasteiger partial charge is 0.456 e. The normalized spacial score (nSPS) is 13.6. The monoisotopic (exact) mass is 1100 g/mol. The number of phosphoric ester groups is 1. The fourth-order valence-corrected chi connectivity index (χ4v) is 11.0. The van der Waals surface area contributed by atoms with E-state index in [0.717, 1.165) is 57.8 Å². The second-order valence-corrected chi connectivity index (χ2v) is 25.8. The molecule has 0 aliphatic heterocycles. The third-order valence-electron chi connectivity index (χ3n) is 15.5. The fourth-order valence-electron chi connectivity index (χ4n) is 10.3. The average Bonchev–Trinajstić information content (AvgIpc) is 3.38. The summed E-state index contributed by atoms with van der Waals surface area (Å²) in [6, 6.07) is -0.839. The highest BCUT2D eigenvalue weighted by atomic mass is 31.2. The van der Waals surface area contributed by atoms with Crippen LogP contribution >= 0.6 is 7.82 Å². The van der Waals surface area contributed by atoms with Crippen molar-refractivity contribution in [3.8, 4) is 0 Å². The molecule has 0 bridgehead atoms. The van der Waals surface area contributed by atoms with Gasteiger partial charge >= 0.3 is 13.8 Å². The second-order valence-electron chi connectivity index (χ2n) is 24.4. The molecule has 0 heterocycles. The van der Waals surface area contributed by atoms with Gasteiger partial charge in [0.1, 0.15) is 19.3 Å². The first-order valence-electron chi connectivity index (χ1n) is 33.5. The number of phosphoric acid groups is 1. The number of allylic oxidation sites excluding steroid dienone is 1. The van der Waals surface area contributed by atoms with E-state index in [2.05, 4.69) is 26.1 Å². The van der Waals surface area contributed by atoms with E-state index in [1.165, 1.54) is 257 Å². The lowest BCUT2D eigenvalue weighted by atomic mass is 10.0. The number of ether oxygens (including phenoxy) is 1. The van der Waals surface area contributed by atoms with E-state index in [9.17, 15) is 19.0 Å². The molecule has 10 heteroatoms. The lowest BCUT2D eigenvalue weighted by Crippen LogP contribution is -2.47. The summed E-state index contributed by atoms with van der Waals surface area (Å²) in [5, 5.41) is 3.06. The molecule has 0 aromatic carbocycles. The molecule has 0 aromatic heterocycles. The standard InChI is InChI=1S/C66H131N2O7P/c1-7-10-13-16-19-22-25-27-29-30-31-32-33-34-35-36-37-38-39-41-44-47-50-53-56-59-66(70)75-64(57-54-51-48-45-42-24-21-18-15-12-9-3)63(62-74-76(71,72)73-61-60-68(4,5)6)67-65(69)58-55-52-49-46-43-40-28-26-23-20-17-14-11-8-2/h54,57,63-64H,7-53,55-56,58-62H2,1-6H3,(H-,67,69,71,72)/p+1/b57-54-. The van der Waals surface area contributed by atoms with E-state index < -0.39 is 20.0 Å². The molecular formula is C66H132N2O7P+. The van der Waals surface area contributed by atoms with Crippen molar-refractivity contribution in [2.75, 3.05) is 40.9 Å². The predicted octanol–water partition coefficient (Wildman–Crippen LogP) is 20.7. The largest absolute Gasteiger partial charge is 0.472 e. The van der Waals surface area contributed by atoms with Crippen molar-refractivity contribution in [3.63, 3.8) is 0 Å². The molecule has 0 rings (SSSR count). The molecule has 3 unspecified atom stereocenters. The maximum Gasteiger partial charge on any atom is 0.472 e. The van der Waals surface area contributed by atoms with Crippen LogP contribution in [0.2, 0.25) is 0 Å². The number of rotatable bonds is 62. The highest BCUT2D eigenvalue weighted by Gasteiger charge is 2.30. The molecule has 0 radical (unpaired) electrons. The van der Waals surface area contributed by atoms with Crippen LogP contribution in [0, 0.1) is 0 Å². The molecule has 0 saturated carbocycles.